The molecule has 1 unspecified atom stereocenters. The van der Waals surface area contributed by atoms with Crippen LogP contribution in [0.2, 0.25) is 0 Å². The molecule has 0 aromatic carbocycles. The van der Waals surface area contributed by atoms with Crippen molar-refractivity contribution in [3.63, 3.8) is 0 Å². The number of alkyl halides is 3. The van der Waals surface area contributed by atoms with Gasteiger partial charge in [0.05, 0.1) is 0 Å². The van der Waals surface area contributed by atoms with Crippen molar-refractivity contribution in [1.29, 1.82) is 0 Å². The highest BCUT2D eigenvalue weighted by Gasteiger charge is 2.57. The van der Waals surface area contributed by atoms with E-state index in [1.807, 2.05) is 0 Å². The Morgan fingerprint density at radius 2 is 1.41 bits per heavy atom. The van der Waals surface area contributed by atoms with Gasteiger partial charge in [-0.25, -0.2) is 9.59 Å². The van der Waals surface area contributed by atoms with E-state index < -0.39 is 41.5 Å². The molecule has 0 aromatic rings. The zero-order valence-electron chi connectivity index (χ0n) is 13.1. The maximum absolute atomic E-state index is 13.2. The molecule has 0 rings (SSSR count). The molecule has 0 N–H and O–H groups in total. The van der Waals surface area contributed by atoms with Crippen LogP contribution < -0.4 is 0 Å². The molecule has 0 aliphatic rings. The van der Waals surface area contributed by atoms with Crippen LogP contribution in [-0.4, -0.2) is 35.1 Å². The topological polar surface area (TPSA) is 69.7 Å². The second-order valence-electron chi connectivity index (χ2n) is 5.78. The summed E-state index contributed by atoms with van der Waals surface area (Å²) in [7, 11) is 0. The van der Waals surface area contributed by atoms with E-state index in [9.17, 15) is 27.6 Å². The number of rotatable bonds is 6. The molecule has 5 nitrogen and oxygen atoms in total. The summed E-state index contributed by atoms with van der Waals surface area (Å²) in [5.41, 5.74) is -4.56. The molecule has 0 spiro atoms. The van der Waals surface area contributed by atoms with Gasteiger partial charge in [-0.05, 0) is 27.7 Å². The van der Waals surface area contributed by atoms with Gasteiger partial charge in [-0.1, -0.05) is 6.58 Å². The summed E-state index contributed by atoms with van der Waals surface area (Å²) in [6.07, 6.45) is -5.83. The van der Waals surface area contributed by atoms with E-state index in [2.05, 4.69) is 11.3 Å². The third-order valence-electron chi connectivity index (χ3n) is 2.69. The van der Waals surface area contributed by atoms with Crippen LogP contribution in [0.4, 0.5) is 13.2 Å². The number of ketones is 1. The van der Waals surface area contributed by atoms with Crippen LogP contribution in [0.5, 0.6) is 0 Å². The number of halogens is 3. The Labute approximate surface area is 126 Å². The first-order valence-corrected chi connectivity index (χ1v) is 6.31. The number of esters is 2. The molecule has 0 aliphatic heterocycles. The monoisotopic (exact) mass is 324 g/mol. The number of hydrogen-bond acceptors (Lipinski definition) is 5. The Morgan fingerprint density at radius 1 is 0.955 bits per heavy atom. The molecule has 0 aromatic heterocycles. The Hall–Kier alpha value is -1.86. The Bertz CT molecular complexity index is 493. The van der Waals surface area contributed by atoms with Crippen molar-refractivity contribution < 1.29 is 37.0 Å². The first kappa shape index (κ1) is 20.1. The maximum atomic E-state index is 13.2. The predicted molar refractivity (Wildman–Crippen MR) is 70.8 cm³/mol. The lowest BCUT2D eigenvalue weighted by atomic mass is 9.89. The van der Waals surface area contributed by atoms with E-state index >= 15 is 0 Å². The molecular weight excluding hydrogens is 305 g/mol. The lowest BCUT2D eigenvalue weighted by molar-refractivity contribution is -0.274. The third-order valence-corrected chi connectivity index (χ3v) is 2.69. The summed E-state index contributed by atoms with van der Waals surface area (Å²) in [6.45, 7) is 8.56. The first-order valence-electron chi connectivity index (χ1n) is 6.31. The van der Waals surface area contributed by atoms with Crippen LogP contribution in [0.25, 0.3) is 0 Å². The Balaban J connectivity index is 5.39. The van der Waals surface area contributed by atoms with E-state index in [1.165, 1.54) is 20.8 Å². The fourth-order valence-corrected chi connectivity index (χ4v) is 1.66. The standard InChI is InChI=1S/C14H19F3O5/c1-8(2)10(19)21-12(4,5)7-13(6,14(15,16)17)22-11(20)9(3)18/h1,7H2,2-6H3. The molecule has 0 radical (unpaired) electrons. The van der Waals surface area contributed by atoms with Crippen LogP contribution in [-0.2, 0) is 23.9 Å². The van der Waals surface area contributed by atoms with Crippen molar-refractivity contribution in [3.05, 3.63) is 12.2 Å². The molecular formula is C14H19F3O5. The lowest BCUT2D eigenvalue weighted by Gasteiger charge is -2.37. The fourth-order valence-electron chi connectivity index (χ4n) is 1.66. The Kier molecular flexibility index (Phi) is 5.95. The molecule has 1 atom stereocenters. The fraction of sp³-hybridized carbons (Fsp3) is 0.643. The summed E-state index contributed by atoms with van der Waals surface area (Å²) in [5.74, 6) is -3.64. The highest BCUT2D eigenvalue weighted by Crippen LogP contribution is 2.40. The second kappa shape index (κ2) is 6.50. The predicted octanol–water partition coefficient (Wildman–Crippen LogP) is 2.73. The minimum absolute atomic E-state index is 0.0162. The summed E-state index contributed by atoms with van der Waals surface area (Å²) in [4.78, 5) is 33.5. The summed E-state index contributed by atoms with van der Waals surface area (Å²) in [6, 6.07) is 0. The Morgan fingerprint density at radius 3 is 1.73 bits per heavy atom. The second-order valence-corrected chi connectivity index (χ2v) is 5.78. The molecule has 0 saturated carbocycles. The van der Waals surface area contributed by atoms with E-state index in [-0.39, 0.29) is 5.57 Å². The summed E-state index contributed by atoms with van der Waals surface area (Å²) < 4.78 is 48.9. The van der Waals surface area contributed by atoms with Gasteiger partial charge < -0.3 is 9.47 Å². The normalized spacial score (nSPS) is 14.7. The quantitative estimate of drug-likeness (QED) is 0.427. The van der Waals surface area contributed by atoms with E-state index in [0.29, 0.717) is 6.92 Å². The van der Waals surface area contributed by atoms with Gasteiger partial charge in [0.1, 0.15) is 5.60 Å². The van der Waals surface area contributed by atoms with Gasteiger partial charge in [0.15, 0.2) is 0 Å². The van der Waals surface area contributed by atoms with Gasteiger partial charge in [-0.2, -0.15) is 13.2 Å². The van der Waals surface area contributed by atoms with Crippen LogP contribution in [0.1, 0.15) is 41.0 Å². The van der Waals surface area contributed by atoms with Crippen LogP contribution in [0.3, 0.4) is 0 Å². The average molecular weight is 324 g/mol. The SMILES string of the molecule is C=C(C)C(=O)OC(C)(C)CC(C)(OC(=O)C(C)=O)C(F)(F)F. The number of Topliss-reactive ketones (excluding diaryl/α,β-unsaturated/α-hetero) is 1. The van der Waals surface area contributed by atoms with Crippen molar-refractivity contribution >= 4 is 17.7 Å². The first-order chi connectivity index (χ1) is 9.61. The summed E-state index contributed by atoms with van der Waals surface area (Å²) >= 11 is 0. The van der Waals surface area contributed by atoms with Crippen molar-refractivity contribution in [1.82, 2.24) is 0 Å². The van der Waals surface area contributed by atoms with Gasteiger partial charge in [0.2, 0.25) is 11.4 Å². The average Bonchev–Trinajstić information content (AvgIpc) is 2.24. The zero-order chi connectivity index (χ0) is 17.9. The molecule has 126 valence electrons. The highest BCUT2D eigenvalue weighted by atomic mass is 19.4. The summed E-state index contributed by atoms with van der Waals surface area (Å²) in [5, 5.41) is 0. The number of ether oxygens (including phenoxy) is 2. The molecule has 0 bridgehead atoms. The lowest BCUT2D eigenvalue weighted by Crippen LogP contribution is -2.52. The van der Waals surface area contributed by atoms with Crippen LogP contribution in [0.15, 0.2) is 12.2 Å². The van der Waals surface area contributed by atoms with Crippen molar-refractivity contribution in [3.8, 4) is 0 Å². The third kappa shape index (κ3) is 5.50. The van der Waals surface area contributed by atoms with Crippen LogP contribution in [0, 0.1) is 0 Å². The van der Waals surface area contributed by atoms with Crippen molar-refractivity contribution in [2.45, 2.75) is 58.4 Å². The molecule has 0 saturated heterocycles. The van der Waals surface area contributed by atoms with Gasteiger partial charge in [0.25, 0.3) is 0 Å². The molecule has 0 aliphatic carbocycles. The molecule has 0 amide bonds. The van der Waals surface area contributed by atoms with Gasteiger partial charge >= 0.3 is 18.1 Å². The molecule has 0 fully saturated rings. The van der Waals surface area contributed by atoms with Gasteiger partial charge in [-0.15, -0.1) is 0 Å². The number of hydrogen-bond donors (Lipinski definition) is 0. The molecule has 22 heavy (non-hydrogen) atoms. The highest BCUT2D eigenvalue weighted by molar-refractivity contribution is 6.32. The van der Waals surface area contributed by atoms with E-state index in [1.54, 1.807) is 0 Å². The minimum atomic E-state index is -4.95. The van der Waals surface area contributed by atoms with E-state index in [0.717, 1.165) is 6.92 Å². The molecule has 8 heteroatoms. The molecule has 0 heterocycles. The van der Waals surface area contributed by atoms with Gasteiger partial charge in [0, 0.05) is 18.9 Å². The smallest absolute Gasteiger partial charge is 0.428 e. The van der Waals surface area contributed by atoms with Gasteiger partial charge in [-0.3, -0.25) is 4.79 Å². The minimum Gasteiger partial charge on any atom is -0.456 e. The van der Waals surface area contributed by atoms with Crippen molar-refractivity contribution in [2.24, 2.45) is 0 Å². The largest absolute Gasteiger partial charge is 0.456 e. The van der Waals surface area contributed by atoms with Crippen LogP contribution >= 0.6 is 0 Å². The maximum Gasteiger partial charge on any atom is 0.428 e. The van der Waals surface area contributed by atoms with Crippen molar-refractivity contribution in [2.75, 3.05) is 0 Å². The van der Waals surface area contributed by atoms with E-state index in [4.69, 9.17) is 4.74 Å². The number of carbonyl (C=O) groups is 3. The zero-order valence-corrected chi connectivity index (χ0v) is 13.1. The number of carbonyl (C=O) groups excluding carboxylic acids is 3.